The van der Waals surface area contributed by atoms with Crippen molar-refractivity contribution >= 4 is 17.4 Å². The first-order chi connectivity index (χ1) is 7.81. The highest BCUT2D eigenvalue weighted by Gasteiger charge is 2.22. The molecule has 0 radical (unpaired) electrons. The summed E-state index contributed by atoms with van der Waals surface area (Å²) >= 11 is 5.86. The van der Waals surface area contributed by atoms with E-state index in [1.54, 1.807) is 6.20 Å². The molecule has 2 heterocycles. The van der Waals surface area contributed by atoms with E-state index in [9.17, 15) is 0 Å². The van der Waals surface area contributed by atoms with Gasteiger partial charge in [-0.1, -0.05) is 18.5 Å². The van der Waals surface area contributed by atoms with E-state index in [4.69, 9.17) is 11.6 Å². The van der Waals surface area contributed by atoms with Gasteiger partial charge in [0.1, 0.15) is 5.82 Å². The van der Waals surface area contributed by atoms with E-state index in [1.165, 1.54) is 6.42 Å². The largest absolute Gasteiger partial charge is 0.352 e. The molecule has 0 bridgehead atoms. The maximum absolute atomic E-state index is 5.86. The van der Waals surface area contributed by atoms with Crippen LogP contribution in [-0.4, -0.2) is 30.7 Å². The van der Waals surface area contributed by atoms with Gasteiger partial charge in [0, 0.05) is 25.3 Å². The number of aromatic nitrogens is 1. The summed E-state index contributed by atoms with van der Waals surface area (Å²) in [7, 11) is 0. The highest BCUT2D eigenvalue weighted by Crippen LogP contribution is 2.19. The first-order valence-corrected chi connectivity index (χ1v) is 6.28. The lowest BCUT2D eigenvalue weighted by atomic mass is 10.2. The highest BCUT2D eigenvalue weighted by molar-refractivity contribution is 6.30. The Morgan fingerprint density at radius 1 is 1.56 bits per heavy atom. The zero-order chi connectivity index (χ0) is 11.4. The Morgan fingerprint density at radius 3 is 3.00 bits per heavy atom. The summed E-state index contributed by atoms with van der Waals surface area (Å²) in [6, 6.07) is 4.50. The third-order valence-corrected chi connectivity index (χ3v) is 3.17. The molecule has 1 unspecified atom stereocenters. The molecule has 1 atom stereocenters. The highest BCUT2D eigenvalue weighted by atomic mass is 35.5. The molecule has 88 valence electrons. The number of nitrogens with zero attached hydrogens (tertiary/aromatic N) is 2. The van der Waals surface area contributed by atoms with Crippen LogP contribution < -0.4 is 10.2 Å². The van der Waals surface area contributed by atoms with Crippen molar-refractivity contribution in [2.45, 2.75) is 25.8 Å². The van der Waals surface area contributed by atoms with Crippen LogP contribution >= 0.6 is 11.6 Å². The Bertz CT molecular complexity index is 320. The molecule has 1 aromatic heterocycles. The van der Waals surface area contributed by atoms with Crippen molar-refractivity contribution < 1.29 is 0 Å². The molecule has 0 aromatic carbocycles. The van der Waals surface area contributed by atoms with Crippen LogP contribution in [0.2, 0.25) is 5.02 Å². The number of anilines is 1. The van der Waals surface area contributed by atoms with E-state index in [0.717, 1.165) is 31.9 Å². The second-order valence-electron chi connectivity index (χ2n) is 4.17. The van der Waals surface area contributed by atoms with Gasteiger partial charge in [-0.25, -0.2) is 4.98 Å². The van der Waals surface area contributed by atoms with Gasteiger partial charge in [0.15, 0.2) is 0 Å². The molecule has 0 spiro atoms. The standard InChI is InChI=1S/C12H18ClN3/c1-2-7-16(11-5-6-14-9-11)12-4-3-10(13)8-15-12/h3-4,8,11,14H,2,5-7,9H2,1H3. The van der Waals surface area contributed by atoms with Gasteiger partial charge in [-0.3, -0.25) is 0 Å². The first kappa shape index (κ1) is 11.7. The lowest BCUT2D eigenvalue weighted by Crippen LogP contribution is -2.38. The molecule has 1 aromatic rings. The van der Waals surface area contributed by atoms with Crippen molar-refractivity contribution in [1.82, 2.24) is 10.3 Å². The smallest absolute Gasteiger partial charge is 0.128 e. The monoisotopic (exact) mass is 239 g/mol. The second-order valence-corrected chi connectivity index (χ2v) is 4.61. The number of nitrogens with one attached hydrogen (secondary N) is 1. The summed E-state index contributed by atoms with van der Waals surface area (Å²) in [4.78, 5) is 6.79. The predicted molar refractivity (Wildman–Crippen MR) is 68.2 cm³/mol. The third kappa shape index (κ3) is 2.66. The molecule has 0 amide bonds. The molecule has 16 heavy (non-hydrogen) atoms. The topological polar surface area (TPSA) is 28.2 Å². The summed E-state index contributed by atoms with van der Waals surface area (Å²) < 4.78 is 0. The minimum absolute atomic E-state index is 0.577. The Kier molecular flexibility index (Phi) is 4.02. The van der Waals surface area contributed by atoms with Crippen LogP contribution in [0.15, 0.2) is 18.3 Å². The Morgan fingerprint density at radius 2 is 2.44 bits per heavy atom. The molecule has 3 nitrogen and oxygen atoms in total. The summed E-state index contributed by atoms with van der Waals surface area (Å²) in [5, 5.41) is 4.10. The molecule has 1 aliphatic heterocycles. The minimum atomic E-state index is 0.577. The predicted octanol–water partition coefficient (Wildman–Crippen LogP) is 2.31. The zero-order valence-electron chi connectivity index (χ0n) is 9.62. The van der Waals surface area contributed by atoms with E-state index in [1.807, 2.05) is 12.1 Å². The summed E-state index contributed by atoms with van der Waals surface area (Å²) in [6.07, 6.45) is 4.06. The third-order valence-electron chi connectivity index (χ3n) is 2.95. The van der Waals surface area contributed by atoms with Gasteiger partial charge < -0.3 is 10.2 Å². The van der Waals surface area contributed by atoms with Crippen LogP contribution in [0, 0.1) is 0 Å². The number of halogens is 1. The molecule has 1 aliphatic rings. The van der Waals surface area contributed by atoms with Crippen molar-refractivity contribution in [2.75, 3.05) is 24.5 Å². The van der Waals surface area contributed by atoms with Gasteiger partial charge >= 0.3 is 0 Å². The lowest BCUT2D eigenvalue weighted by molar-refractivity contribution is 0.618. The van der Waals surface area contributed by atoms with Crippen molar-refractivity contribution in [3.05, 3.63) is 23.4 Å². The molecule has 0 saturated carbocycles. The SMILES string of the molecule is CCCN(c1ccc(Cl)cn1)C1CCNC1. The Balaban J connectivity index is 2.14. The Labute approximate surface area is 102 Å². The number of hydrogen-bond acceptors (Lipinski definition) is 3. The Hall–Kier alpha value is -0.800. The molecular weight excluding hydrogens is 222 g/mol. The van der Waals surface area contributed by atoms with Crippen LogP contribution in [-0.2, 0) is 0 Å². The van der Waals surface area contributed by atoms with Gasteiger partial charge in [-0.15, -0.1) is 0 Å². The fourth-order valence-corrected chi connectivity index (χ4v) is 2.28. The quantitative estimate of drug-likeness (QED) is 0.874. The number of rotatable bonds is 4. The van der Waals surface area contributed by atoms with Crippen LogP contribution in [0.3, 0.4) is 0 Å². The van der Waals surface area contributed by atoms with Crippen molar-refractivity contribution in [2.24, 2.45) is 0 Å². The van der Waals surface area contributed by atoms with Gasteiger partial charge in [0.05, 0.1) is 5.02 Å². The van der Waals surface area contributed by atoms with Crippen LogP contribution in [0.5, 0.6) is 0 Å². The molecule has 4 heteroatoms. The normalized spacial score (nSPS) is 20.0. The lowest BCUT2D eigenvalue weighted by Gasteiger charge is -2.29. The van der Waals surface area contributed by atoms with Gasteiger partial charge in [0.25, 0.3) is 0 Å². The van der Waals surface area contributed by atoms with Crippen molar-refractivity contribution in [1.29, 1.82) is 0 Å². The molecule has 1 saturated heterocycles. The van der Waals surface area contributed by atoms with E-state index in [0.29, 0.717) is 11.1 Å². The molecular formula is C12H18ClN3. The maximum atomic E-state index is 5.86. The minimum Gasteiger partial charge on any atom is -0.352 e. The van der Waals surface area contributed by atoms with Crippen LogP contribution in [0.1, 0.15) is 19.8 Å². The summed E-state index contributed by atoms with van der Waals surface area (Å²) in [6.45, 7) is 5.43. The molecule has 1 N–H and O–H groups in total. The van der Waals surface area contributed by atoms with E-state index in [-0.39, 0.29) is 0 Å². The molecule has 2 rings (SSSR count). The summed E-state index contributed by atoms with van der Waals surface area (Å²) in [5.41, 5.74) is 0. The number of pyridine rings is 1. The number of hydrogen-bond donors (Lipinski definition) is 1. The maximum Gasteiger partial charge on any atom is 0.128 e. The zero-order valence-corrected chi connectivity index (χ0v) is 10.4. The second kappa shape index (κ2) is 5.51. The average Bonchev–Trinajstić information content (AvgIpc) is 2.81. The first-order valence-electron chi connectivity index (χ1n) is 5.90. The van der Waals surface area contributed by atoms with Gasteiger partial charge in [-0.05, 0) is 31.5 Å². The molecule has 0 aliphatic carbocycles. The van der Waals surface area contributed by atoms with E-state index >= 15 is 0 Å². The van der Waals surface area contributed by atoms with E-state index in [2.05, 4.69) is 22.1 Å². The van der Waals surface area contributed by atoms with Crippen molar-refractivity contribution in [3.63, 3.8) is 0 Å². The van der Waals surface area contributed by atoms with E-state index < -0.39 is 0 Å². The average molecular weight is 240 g/mol. The van der Waals surface area contributed by atoms with Gasteiger partial charge in [-0.2, -0.15) is 0 Å². The van der Waals surface area contributed by atoms with Crippen molar-refractivity contribution in [3.8, 4) is 0 Å². The van der Waals surface area contributed by atoms with Crippen LogP contribution in [0.25, 0.3) is 0 Å². The molecule has 1 fully saturated rings. The fourth-order valence-electron chi connectivity index (χ4n) is 2.17. The van der Waals surface area contributed by atoms with Crippen LogP contribution in [0.4, 0.5) is 5.82 Å². The fraction of sp³-hybridized carbons (Fsp3) is 0.583. The summed E-state index contributed by atoms with van der Waals surface area (Å²) in [5.74, 6) is 1.04. The van der Waals surface area contributed by atoms with Gasteiger partial charge in [0.2, 0.25) is 0 Å².